The van der Waals surface area contributed by atoms with Gasteiger partial charge in [0.25, 0.3) is 0 Å². The molecule has 2 rings (SSSR count). The highest BCUT2D eigenvalue weighted by molar-refractivity contribution is 4.84. The Balaban J connectivity index is 1.91. The summed E-state index contributed by atoms with van der Waals surface area (Å²) in [5.41, 5.74) is 5.84. The second-order valence-electron chi connectivity index (χ2n) is 4.50. The van der Waals surface area contributed by atoms with Gasteiger partial charge >= 0.3 is 0 Å². The van der Waals surface area contributed by atoms with Crippen LogP contribution in [0, 0.1) is 5.92 Å². The van der Waals surface area contributed by atoms with Crippen LogP contribution in [0.15, 0.2) is 0 Å². The Kier molecular flexibility index (Phi) is 3.79. The molecule has 14 heavy (non-hydrogen) atoms. The molecular formula is C11H22N2O. The molecule has 0 aromatic rings. The lowest BCUT2D eigenvalue weighted by molar-refractivity contribution is -0.00597. The molecule has 2 fully saturated rings. The van der Waals surface area contributed by atoms with Crippen LogP contribution < -0.4 is 5.73 Å². The van der Waals surface area contributed by atoms with Crippen molar-refractivity contribution in [3.63, 3.8) is 0 Å². The van der Waals surface area contributed by atoms with Crippen LogP contribution in [0.2, 0.25) is 0 Å². The number of ether oxygens (including phenoxy) is 1. The minimum absolute atomic E-state index is 0.738. The Morgan fingerprint density at radius 2 is 1.86 bits per heavy atom. The third kappa shape index (κ3) is 2.27. The summed E-state index contributed by atoms with van der Waals surface area (Å²) >= 11 is 0. The highest BCUT2D eigenvalue weighted by atomic mass is 16.5. The van der Waals surface area contributed by atoms with E-state index in [2.05, 4.69) is 4.90 Å². The fourth-order valence-corrected chi connectivity index (χ4v) is 2.85. The van der Waals surface area contributed by atoms with Crippen LogP contribution in [0.25, 0.3) is 0 Å². The molecule has 82 valence electrons. The van der Waals surface area contributed by atoms with Crippen molar-refractivity contribution >= 4 is 0 Å². The zero-order chi connectivity index (χ0) is 9.80. The quantitative estimate of drug-likeness (QED) is 0.714. The van der Waals surface area contributed by atoms with Gasteiger partial charge < -0.3 is 10.5 Å². The number of hydrogen-bond donors (Lipinski definition) is 1. The van der Waals surface area contributed by atoms with Crippen molar-refractivity contribution in [2.45, 2.75) is 31.7 Å². The van der Waals surface area contributed by atoms with Gasteiger partial charge in [-0.2, -0.15) is 0 Å². The molecule has 1 aliphatic carbocycles. The molecule has 3 heteroatoms. The first-order valence-corrected chi connectivity index (χ1v) is 5.93. The summed E-state index contributed by atoms with van der Waals surface area (Å²) in [5, 5.41) is 0. The monoisotopic (exact) mass is 198 g/mol. The predicted octanol–water partition coefficient (Wildman–Crippen LogP) is 0.836. The first-order valence-electron chi connectivity index (χ1n) is 5.93. The fourth-order valence-electron chi connectivity index (χ4n) is 2.85. The smallest absolute Gasteiger partial charge is 0.0594 e. The van der Waals surface area contributed by atoms with Crippen LogP contribution in [0.3, 0.4) is 0 Å². The van der Waals surface area contributed by atoms with Crippen molar-refractivity contribution in [3.8, 4) is 0 Å². The van der Waals surface area contributed by atoms with E-state index in [0.717, 1.165) is 44.8 Å². The van der Waals surface area contributed by atoms with Crippen LogP contribution >= 0.6 is 0 Å². The minimum Gasteiger partial charge on any atom is -0.379 e. The van der Waals surface area contributed by atoms with Crippen LogP contribution in [0.1, 0.15) is 25.7 Å². The van der Waals surface area contributed by atoms with Crippen molar-refractivity contribution in [2.24, 2.45) is 11.7 Å². The molecule has 2 atom stereocenters. The fraction of sp³-hybridized carbons (Fsp3) is 1.00. The average molecular weight is 198 g/mol. The summed E-state index contributed by atoms with van der Waals surface area (Å²) in [6.07, 6.45) is 5.45. The highest BCUT2D eigenvalue weighted by Crippen LogP contribution is 2.28. The summed E-state index contributed by atoms with van der Waals surface area (Å²) in [4.78, 5) is 2.60. The first-order chi connectivity index (χ1) is 6.92. The highest BCUT2D eigenvalue weighted by Gasteiger charge is 2.29. The van der Waals surface area contributed by atoms with Gasteiger partial charge in [-0.3, -0.25) is 4.90 Å². The molecule has 1 saturated carbocycles. The molecule has 0 radical (unpaired) electrons. The molecule has 1 saturated heterocycles. The van der Waals surface area contributed by atoms with Crippen molar-refractivity contribution in [3.05, 3.63) is 0 Å². The Morgan fingerprint density at radius 1 is 1.14 bits per heavy atom. The molecule has 2 aliphatic rings. The molecule has 0 spiro atoms. The van der Waals surface area contributed by atoms with E-state index in [1.165, 1.54) is 25.7 Å². The molecule has 3 nitrogen and oxygen atoms in total. The van der Waals surface area contributed by atoms with Gasteiger partial charge in [-0.15, -0.1) is 0 Å². The molecular weight excluding hydrogens is 176 g/mol. The van der Waals surface area contributed by atoms with Crippen molar-refractivity contribution < 1.29 is 4.74 Å². The Hall–Kier alpha value is -0.120. The molecule has 0 unspecified atom stereocenters. The third-order valence-electron chi connectivity index (χ3n) is 3.69. The van der Waals surface area contributed by atoms with E-state index in [1.807, 2.05) is 0 Å². The Bertz CT molecular complexity index is 169. The number of rotatable bonds is 2. The van der Waals surface area contributed by atoms with E-state index in [-0.39, 0.29) is 0 Å². The lowest BCUT2D eigenvalue weighted by Crippen LogP contribution is -2.49. The maximum Gasteiger partial charge on any atom is 0.0594 e. The second-order valence-corrected chi connectivity index (χ2v) is 4.50. The van der Waals surface area contributed by atoms with E-state index < -0.39 is 0 Å². The molecule has 0 aromatic carbocycles. The van der Waals surface area contributed by atoms with E-state index >= 15 is 0 Å². The van der Waals surface area contributed by atoms with Gasteiger partial charge in [-0.05, 0) is 25.3 Å². The SMILES string of the molecule is NC[C@@H]1CCCC[C@@H]1N1CCOCC1. The Morgan fingerprint density at radius 3 is 2.57 bits per heavy atom. The zero-order valence-corrected chi connectivity index (χ0v) is 8.95. The predicted molar refractivity (Wildman–Crippen MR) is 57.2 cm³/mol. The summed E-state index contributed by atoms with van der Waals surface area (Å²) in [6.45, 7) is 4.91. The molecule has 1 heterocycles. The largest absolute Gasteiger partial charge is 0.379 e. The number of hydrogen-bond acceptors (Lipinski definition) is 3. The van der Waals surface area contributed by atoms with Gasteiger partial charge in [0.1, 0.15) is 0 Å². The van der Waals surface area contributed by atoms with Crippen LogP contribution in [-0.2, 0) is 4.74 Å². The van der Waals surface area contributed by atoms with Gasteiger partial charge in [0.2, 0.25) is 0 Å². The zero-order valence-electron chi connectivity index (χ0n) is 8.95. The average Bonchev–Trinajstić information content (AvgIpc) is 2.30. The molecule has 0 amide bonds. The maximum absolute atomic E-state index is 5.84. The van der Waals surface area contributed by atoms with Crippen LogP contribution in [0.4, 0.5) is 0 Å². The van der Waals surface area contributed by atoms with Crippen molar-refractivity contribution in [1.82, 2.24) is 4.90 Å². The molecule has 0 aromatic heterocycles. The molecule has 1 aliphatic heterocycles. The van der Waals surface area contributed by atoms with E-state index in [1.54, 1.807) is 0 Å². The lowest BCUT2D eigenvalue weighted by Gasteiger charge is -2.41. The second kappa shape index (κ2) is 5.10. The number of morpholine rings is 1. The van der Waals surface area contributed by atoms with Crippen LogP contribution in [0.5, 0.6) is 0 Å². The maximum atomic E-state index is 5.84. The molecule has 0 bridgehead atoms. The van der Waals surface area contributed by atoms with Crippen molar-refractivity contribution in [2.75, 3.05) is 32.8 Å². The standard InChI is InChI=1S/C11H22N2O/c12-9-10-3-1-2-4-11(10)13-5-7-14-8-6-13/h10-11H,1-9,12H2/t10-,11-/m0/s1. The van der Waals surface area contributed by atoms with Gasteiger partial charge in [0.15, 0.2) is 0 Å². The third-order valence-corrected chi connectivity index (χ3v) is 3.69. The van der Waals surface area contributed by atoms with E-state index in [0.29, 0.717) is 0 Å². The normalized spacial score (nSPS) is 35.8. The number of nitrogens with zero attached hydrogens (tertiary/aromatic N) is 1. The summed E-state index contributed by atoms with van der Waals surface area (Å²) < 4.78 is 5.39. The van der Waals surface area contributed by atoms with Crippen molar-refractivity contribution in [1.29, 1.82) is 0 Å². The van der Waals surface area contributed by atoms with Gasteiger partial charge in [0, 0.05) is 19.1 Å². The summed E-state index contributed by atoms with van der Waals surface area (Å²) in [7, 11) is 0. The van der Waals surface area contributed by atoms with Gasteiger partial charge in [-0.25, -0.2) is 0 Å². The van der Waals surface area contributed by atoms with Gasteiger partial charge in [-0.1, -0.05) is 12.8 Å². The van der Waals surface area contributed by atoms with Crippen LogP contribution in [-0.4, -0.2) is 43.8 Å². The topological polar surface area (TPSA) is 38.5 Å². The Labute approximate surface area is 86.6 Å². The van der Waals surface area contributed by atoms with E-state index in [9.17, 15) is 0 Å². The van der Waals surface area contributed by atoms with Gasteiger partial charge in [0.05, 0.1) is 13.2 Å². The first kappa shape index (κ1) is 10.4. The lowest BCUT2D eigenvalue weighted by atomic mass is 9.83. The number of nitrogens with two attached hydrogens (primary N) is 1. The summed E-state index contributed by atoms with van der Waals surface area (Å²) in [6, 6.07) is 0.748. The molecule has 2 N–H and O–H groups in total. The van der Waals surface area contributed by atoms with E-state index in [4.69, 9.17) is 10.5 Å². The summed E-state index contributed by atoms with van der Waals surface area (Å²) in [5.74, 6) is 0.738. The minimum atomic E-state index is 0.738.